The summed E-state index contributed by atoms with van der Waals surface area (Å²) in [6, 6.07) is 0.0466. The number of thiazole rings is 1. The van der Waals surface area contributed by atoms with Crippen LogP contribution in [0.15, 0.2) is 10.9 Å². The molecule has 0 aliphatic rings. The molecular formula is C11H15N5O2S. The quantitative estimate of drug-likeness (QED) is 0.672. The third kappa shape index (κ3) is 2.73. The van der Waals surface area contributed by atoms with E-state index in [2.05, 4.69) is 15.4 Å². The minimum absolute atomic E-state index is 0.0314. The Kier molecular flexibility index (Phi) is 3.79. The average molecular weight is 281 g/mol. The zero-order chi connectivity index (χ0) is 14.0. The van der Waals surface area contributed by atoms with Gasteiger partial charge in [0.1, 0.15) is 5.69 Å². The number of rotatable bonds is 5. The highest BCUT2D eigenvalue weighted by atomic mass is 32.1. The summed E-state index contributed by atoms with van der Waals surface area (Å²) >= 11 is 1.49. The number of hydrogen-bond acceptors (Lipinski definition) is 6. The predicted octanol–water partition coefficient (Wildman–Crippen LogP) is 2.75. The molecule has 0 saturated carbocycles. The van der Waals surface area contributed by atoms with E-state index in [0.29, 0.717) is 18.1 Å². The molecule has 0 bridgehead atoms. The molecule has 2 aromatic rings. The number of aryl methyl sites for hydroxylation is 1. The van der Waals surface area contributed by atoms with Crippen molar-refractivity contribution in [3.05, 3.63) is 32.4 Å². The molecule has 0 saturated heterocycles. The van der Waals surface area contributed by atoms with E-state index in [1.54, 1.807) is 17.1 Å². The van der Waals surface area contributed by atoms with Crippen LogP contribution in [-0.4, -0.2) is 19.7 Å². The largest absolute Gasteiger partial charge is 0.359 e. The van der Waals surface area contributed by atoms with Gasteiger partial charge in [-0.1, -0.05) is 0 Å². The number of nitro groups is 1. The lowest BCUT2D eigenvalue weighted by molar-refractivity contribution is -0.384. The molecule has 0 spiro atoms. The molecule has 2 rings (SSSR count). The maximum absolute atomic E-state index is 11.1. The standard InChI is InChI=1S/C11H15N5O2S/c1-7(2)15-11(10(16(17)18)8(3)14-15)12-4-9-5-19-6-13-9/h5-7,12H,4H2,1-3H3. The molecule has 0 fully saturated rings. The molecule has 7 nitrogen and oxygen atoms in total. The first-order valence-corrected chi connectivity index (χ1v) is 6.79. The van der Waals surface area contributed by atoms with Crippen LogP contribution in [0.5, 0.6) is 0 Å². The lowest BCUT2D eigenvalue weighted by atomic mass is 10.3. The SMILES string of the molecule is Cc1nn(C(C)C)c(NCc2cscn2)c1[N+](=O)[O-]. The first-order valence-electron chi connectivity index (χ1n) is 5.85. The molecule has 2 heterocycles. The first-order chi connectivity index (χ1) is 9.00. The zero-order valence-electron chi connectivity index (χ0n) is 11.0. The number of anilines is 1. The minimum Gasteiger partial charge on any atom is -0.359 e. The third-order valence-electron chi connectivity index (χ3n) is 2.65. The molecule has 0 amide bonds. The molecule has 8 heteroatoms. The van der Waals surface area contributed by atoms with Gasteiger partial charge in [-0.25, -0.2) is 9.67 Å². The molecule has 0 atom stereocenters. The Balaban J connectivity index is 2.32. The summed E-state index contributed by atoms with van der Waals surface area (Å²) < 4.78 is 1.64. The Morgan fingerprint density at radius 2 is 2.32 bits per heavy atom. The summed E-state index contributed by atoms with van der Waals surface area (Å²) in [4.78, 5) is 14.9. The summed E-state index contributed by atoms with van der Waals surface area (Å²) in [5, 5.41) is 20.3. The van der Waals surface area contributed by atoms with Gasteiger partial charge in [0.15, 0.2) is 0 Å². The highest BCUT2D eigenvalue weighted by Crippen LogP contribution is 2.30. The van der Waals surface area contributed by atoms with Gasteiger partial charge >= 0.3 is 5.69 Å². The van der Waals surface area contributed by atoms with Gasteiger partial charge in [-0.3, -0.25) is 10.1 Å². The van der Waals surface area contributed by atoms with Crippen molar-refractivity contribution in [2.45, 2.75) is 33.4 Å². The Morgan fingerprint density at radius 1 is 1.58 bits per heavy atom. The first kappa shape index (κ1) is 13.5. The van der Waals surface area contributed by atoms with Crippen molar-refractivity contribution in [1.82, 2.24) is 14.8 Å². The van der Waals surface area contributed by atoms with Crippen molar-refractivity contribution in [3.8, 4) is 0 Å². The van der Waals surface area contributed by atoms with Crippen LogP contribution in [0.25, 0.3) is 0 Å². The van der Waals surface area contributed by atoms with Crippen LogP contribution < -0.4 is 5.32 Å². The van der Waals surface area contributed by atoms with Crippen molar-refractivity contribution in [1.29, 1.82) is 0 Å². The van der Waals surface area contributed by atoms with E-state index in [1.165, 1.54) is 11.3 Å². The fraction of sp³-hybridized carbons (Fsp3) is 0.455. The van der Waals surface area contributed by atoms with Gasteiger partial charge in [0.2, 0.25) is 5.82 Å². The number of nitrogens with zero attached hydrogens (tertiary/aromatic N) is 4. The van der Waals surface area contributed by atoms with Crippen molar-refractivity contribution >= 4 is 22.8 Å². The van der Waals surface area contributed by atoms with Crippen molar-refractivity contribution in [2.24, 2.45) is 0 Å². The summed E-state index contributed by atoms with van der Waals surface area (Å²) in [5.41, 5.74) is 3.04. The van der Waals surface area contributed by atoms with Crippen molar-refractivity contribution in [3.63, 3.8) is 0 Å². The molecular weight excluding hydrogens is 266 g/mol. The van der Waals surface area contributed by atoms with Crippen LogP contribution in [0.4, 0.5) is 11.5 Å². The number of hydrogen-bond donors (Lipinski definition) is 1. The predicted molar refractivity (Wildman–Crippen MR) is 73.4 cm³/mol. The maximum atomic E-state index is 11.1. The highest BCUT2D eigenvalue weighted by Gasteiger charge is 2.26. The normalized spacial score (nSPS) is 10.9. The molecule has 0 aliphatic carbocycles. The maximum Gasteiger partial charge on any atom is 0.333 e. The van der Waals surface area contributed by atoms with E-state index in [0.717, 1.165) is 5.69 Å². The Morgan fingerprint density at radius 3 is 2.84 bits per heavy atom. The van der Waals surface area contributed by atoms with Gasteiger partial charge in [0.25, 0.3) is 0 Å². The summed E-state index contributed by atoms with van der Waals surface area (Å²) in [6.07, 6.45) is 0. The van der Waals surface area contributed by atoms with Crippen LogP contribution in [0.3, 0.4) is 0 Å². The molecule has 2 aromatic heterocycles. The van der Waals surface area contributed by atoms with Gasteiger partial charge in [0.05, 0.1) is 22.7 Å². The van der Waals surface area contributed by atoms with Crippen molar-refractivity contribution < 1.29 is 4.92 Å². The second-order valence-corrected chi connectivity index (χ2v) is 5.13. The van der Waals surface area contributed by atoms with Gasteiger partial charge in [-0.05, 0) is 20.8 Å². The van der Waals surface area contributed by atoms with Gasteiger partial charge in [0, 0.05) is 11.4 Å². The van der Waals surface area contributed by atoms with Crippen LogP contribution in [0.2, 0.25) is 0 Å². The number of nitrogens with one attached hydrogen (secondary N) is 1. The van der Waals surface area contributed by atoms with E-state index in [1.807, 2.05) is 19.2 Å². The van der Waals surface area contributed by atoms with E-state index < -0.39 is 4.92 Å². The van der Waals surface area contributed by atoms with E-state index in [4.69, 9.17) is 0 Å². The van der Waals surface area contributed by atoms with E-state index in [9.17, 15) is 10.1 Å². The van der Waals surface area contributed by atoms with Crippen LogP contribution >= 0.6 is 11.3 Å². The second kappa shape index (κ2) is 5.35. The van der Waals surface area contributed by atoms with Gasteiger partial charge in [-0.2, -0.15) is 5.10 Å². The fourth-order valence-corrected chi connectivity index (χ4v) is 2.35. The molecule has 0 unspecified atom stereocenters. The van der Waals surface area contributed by atoms with Crippen LogP contribution in [0, 0.1) is 17.0 Å². The van der Waals surface area contributed by atoms with Crippen LogP contribution in [0.1, 0.15) is 31.3 Å². The van der Waals surface area contributed by atoms with Gasteiger partial charge in [-0.15, -0.1) is 11.3 Å². The summed E-state index contributed by atoms with van der Waals surface area (Å²) in [6.45, 7) is 5.96. The molecule has 0 aromatic carbocycles. The fourth-order valence-electron chi connectivity index (χ4n) is 1.79. The molecule has 1 N–H and O–H groups in total. The Hall–Kier alpha value is -1.96. The smallest absolute Gasteiger partial charge is 0.333 e. The van der Waals surface area contributed by atoms with E-state index in [-0.39, 0.29) is 11.7 Å². The second-order valence-electron chi connectivity index (χ2n) is 4.41. The third-order valence-corrected chi connectivity index (χ3v) is 3.28. The van der Waals surface area contributed by atoms with Gasteiger partial charge < -0.3 is 5.32 Å². The highest BCUT2D eigenvalue weighted by molar-refractivity contribution is 7.07. The minimum atomic E-state index is -0.398. The monoisotopic (exact) mass is 281 g/mol. The van der Waals surface area contributed by atoms with Crippen molar-refractivity contribution in [2.75, 3.05) is 5.32 Å². The molecule has 19 heavy (non-hydrogen) atoms. The number of aromatic nitrogens is 3. The zero-order valence-corrected chi connectivity index (χ0v) is 11.8. The molecule has 102 valence electrons. The Bertz CT molecular complexity index is 576. The van der Waals surface area contributed by atoms with E-state index >= 15 is 0 Å². The van der Waals surface area contributed by atoms with Crippen LogP contribution in [-0.2, 0) is 6.54 Å². The summed E-state index contributed by atoms with van der Waals surface area (Å²) in [7, 11) is 0. The molecule has 0 radical (unpaired) electrons. The average Bonchev–Trinajstić information content (AvgIpc) is 2.92. The lowest BCUT2D eigenvalue weighted by Crippen LogP contribution is -2.11. The molecule has 0 aliphatic heterocycles. The Labute approximate surface area is 114 Å². The summed E-state index contributed by atoms with van der Waals surface area (Å²) in [5.74, 6) is 0.436. The topological polar surface area (TPSA) is 85.9 Å². The lowest BCUT2D eigenvalue weighted by Gasteiger charge is -2.11.